The molecule has 0 N–H and O–H groups in total. The summed E-state index contributed by atoms with van der Waals surface area (Å²) in [6, 6.07) is 14.7. The summed E-state index contributed by atoms with van der Waals surface area (Å²) in [6.07, 6.45) is -4.75. The lowest BCUT2D eigenvalue weighted by atomic mass is 9.93. The zero-order valence-electron chi connectivity index (χ0n) is 23.9. The molecule has 0 bridgehead atoms. The minimum atomic E-state index is -4.75. The third kappa shape index (κ3) is 7.80. The maximum atomic E-state index is 13.7. The van der Waals surface area contributed by atoms with Gasteiger partial charge in [-0.2, -0.15) is 18.2 Å². The van der Waals surface area contributed by atoms with Crippen molar-refractivity contribution in [2.75, 3.05) is 20.7 Å². The lowest BCUT2D eigenvalue weighted by molar-refractivity contribution is -0.155. The van der Waals surface area contributed by atoms with Gasteiger partial charge in [-0.1, -0.05) is 35.5 Å². The lowest BCUT2D eigenvalue weighted by Crippen LogP contribution is -2.32. The summed E-state index contributed by atoms with van der Waals surface area (Å²) in [6.45, 7) is 6.04. The standard InChI is InChI=1S/C31H31F4N3O4/c1-30(2,3)41-27(39)17-38(4)16-19-7-6-8-20(13-19)28-36-29(42-37-28)21-9-11-24(22(14-21)18-40-5)25-12-10-23(32)15-26(25)31(33,34)35/h6-15H,16-18H2,1-5H3. The molecule has 1 heterocycles. The number of esters is 1. The van der Waals surface area contributed by atoms with Crippen molar-refractivity contribution in [3.8, 4) is 34.0 Å². The SMILES string of the molecule is COCc1cc(-c2nc(-c3cccc(CN(C)CC(=O)OC(C)(C)C)c3)no2)ccc1-c1ccc(F)cc1C(F)(F)F. The number of ether oxygens (including phenoxy) is 2. The molecule has 0 aliphatic heterocycles. The Morgan fingerprint density at radius 2 is 1.71 bits per heavy atom. The normalized spacial score (nSPS) is 12.1. The molecule has 0 spiro atoms. The molecule has 0 saturated carbocycles. The van der Waals surface area contributed by atoms with Gasteiger partial charge in [-0.25, -0.2) is 4.39 Å². The van der Waals surface area contributed by atoms with Gasteiger partial charge in [-0.05, 0) is 80.4 Å². The highest BCUT2D eigenvalue weighted by Crippen LogP contribution is 2.40. The van der Waals surface area contributed by atoms with Gasteiger partial charge < -0.3 is 14.0 Å². The molecule has 0 radical (unpaired) electrons. The maximum absolute atomic E-state index is 13.7. The molecule has 3 aromatic carbocycles. The van der Waals surface area contributed by atoms with E-state index in [1.54, 1.807) is 12.1 Å². The summed E-state index contributed by atoms with van der Waals surface area (Å²) in [5, 5.41) is 4.09. The van der Waals surface area contributed by atoms with E-state index < -0.39 is 23.2 Å². The Labute approximate surface area is 241 Å². The third-order valence-electron chi connectivity index (χ3n) is 6.11. The smallest absolute Gasteiger partial charge is 0.417 e. The van der Waals surface area contributed by atoms with Crippen LogP contribution in [0.5, 0.6) is 0 Å². The number of benzene rings is 3. The molecule has 42 heavy (non-hydrogen) atoms. The number of likely N-dealkylation sites (N-methyl/N-ethyl adjacent to an activating group) is 1. The molecule has 4 rings (SSSR count). The number of methoxy groups -OCH3 is 1. The number of halogens is 4. The van der Waals surface area contributed by atoms with Crippen molar-refractivity contribution in [2.45, 2.75) is 45.7 Å². The lowest BCUT2D eigenvalue weighted by Gasteiger charge is -2.22. The van der Waals surface area contributed by atoms with Crippen LogP contribution in [0.2, 0.25) is 0 Å². The fourth-order valence-electron chi connectivity index (χ4n) is 4.48. The fourth-order valence-corrected chi connectivity index (χ4v) is 4.48. The van der Waals surface area contributed by atoms with Crippen molar-refractivity contribution in [1.29, 1.82) is 0 Å². The Bertz CT molecular complexity index is 1560. The van der Waals surface area contributed by atoms with E-state index in [0.717, 1.165) is 17.7 Å². The molecular weight excluding hydrogens is 554 g/mol. The minimum Gasteiger partial charge on any atom is -0.459 e. The molecule has 0 fully saturated rings. The zero-order chi connectivity index (χ0) is 30.7. The molecule has 4 aromatic rings. The molecule has 0 amide bonds. The number of alkyl halides is 3. The highest BCUT2D eigenvalue weighted by molar-refractivity contribution is 5.75. The van der Waals surface area contributed by atoms with E-state index in [9.17, 15) is 22.4 Å². The van der Waals surface area contributed by atoms with E-state index in [1.807, 2.05) is 57.0 Å². The number of hydrogen-bond donors (Lipinski definition) is 0. The molecule has 0 aliphatic carbocycles. The van der Waals surface area contributed by atoms with E-state index in [2.05, 4.69) is 10.1 Å². The first-order valence-corrected chi connectivity index (χ1v) is 13.1. The van der Waals surface area contributed by atoms with Gasteiger partial charge in [0.05, 0.1) is 18.7 Å². The summed E-state index contributed by atoms with van der Waals surface area (Å²) in [5.41, 5.74) is 0.948. The quantitative estimate of drug-likeness (QED) is 0.153. The largest absolute Gasteiger partial charge is 0.459 e. The minimum absolute atomic E-state index is 0.00228. The van der Waals surface area contributed by atoms with Crippen molar-refractivity contribution in [1.82, 2.24) is 15.0 Å². The molecular formula is C31H31F4N3O4. The van der Waals surface area contributed by atoms with Crippen LogP contribution >= 0.6 is 0 Å². The number of aromatic nitrogens is 2. The fraction of sp³-hybridized carbons (Fsp3) is 0.323. The number of hydrogen-bond acceptors (Lipinski definition) is 7. The molecule has 11 heteroatoms. The predicted molar refractivity (Wildman–Crippen MR) is 148 cm³/mol. The van der Waals surface area contributed by atoms with Crippen molar-refractivity contribution < 1.29 is 36.4 Å². The Kier molecular flexibility index (Phi) is 9.12. The van der Waals surface area contributed by atoms with Gasteiger partial charge in [0, 0.05) is 24.8 Å². The van der Waals surface area contributed by atoms with Crippen LogP contribution in [0.15, 0.2) is 65.2 Å². The molecule has 0 saturated heterocycles. The Hall–Kier alpha value is -4.09. The van der Waals surface area contributed by atoms with Crippen LogP contribution in [0.25, 0.3) is 34.0 Å². The monoisotopic (exact) mass is 585 g/mol. The van der Waals surface area contributed by atoms with Crippen molar-refractivity contribution >= 4 is 5.97 Å². The van der Waals surface area contributed by atoms with Gasteiger partial charge in [0.2, 0.25) is 5.82 Å². The molecule has 0 atom stereocenters. The molecule has 222 valence electrons. The van der Waals surface area contributed by atoms with E-state index in [1.165, 1.54) is 13.2 Å². The zero-order valence-corrected chi connectivity index (χ0v) is 23.9. The molecule has 0 aliphatic rings. The summed E-state index contributed by atoms with van der Waals surface area (Å²) < 4.78 is 70.9. The van der Waals surface area contributed by atoms with Gasteiger partial charge >= 0.3 is 12.1 Å². The van der Waals surface area contributed by atoms with Crippen LogP contribution < -0.4 is 0 Å². The highest BCUT2D eigenvalue weighted by atomic mass is 19.4. The van der Waals surface area contributed by atoms with Crippen LogP contribution in [-0.2, 0) is 33.6 Å². The predicted octanol–water partition coefficient (Wildman–Crippen LogP) is 7.15. The topological polar surface area (TPSA) is 77.7 Å². The highest BCUT2D eigenvalue weighted by Gasteiger charge is 2.34. The molecule has 1 aromatic heterocycles. The number of carbonyl (C=O) groups is 1. The second-order valence-electron chi connectivity index (χ2n) is 10.9. The van der Waals surface area contributed by atoms with Crippen molar-refractivity contribution in [3.05, 3.63) is 83.2 Å². The molecule has 7 nitrogen and oxygen atoms in total. The summed E-state index contributed by atoms with van der Waals surface area (Å²) >= 11 is 0. The van der Waals surface area contributed by atoms with Gasteiger partial charge in [0.25, 0.3) is 5.89 Å². The first kappa shape index (κ1) is 30.9. The van der Waals surface area contributed by atoms with Gasteiger partial charge in [-0.15, -0.1) is 0 Å². The summed E-state index contributed by atoms with van der Waals surface area (Å²) in [5.74, 6) is -0.821. The first-order chi connectivity index (χ1) is 19.7. The van der Waals surface area contributed by atoms with Crippen LogP contribution in [0.1, 0.15) is 37.5 Å². The van der Waals surface area contributed by atoms with E-state index in [4.69, 9.17) is 14.0 Å². The van der Waals surface area contributed by atoms with Crippen molar-refractivity contribution in [3.63, 3.8) is 0 Å². The van der Waals surface area contributed by atoms with Crippen LogP contribution in [-0.4, -0.2) is 47.3 Å². The Morgan fingerprint density at radius 3 is 2.40 bits per heavy atom. The maximum Gasteiger partial charge on any atom is 0.417 e. The first-order valence-electron chi connectivity index (χ1n) is 13.1. The Morgan fingerprint density at radius 1 is 0.976 bits per heavy atom. The van der Waals surface area contributed by atoms with E-state index in [0.29, 0.717) is 35.1 Å². The van der Waals surface area contributed by atoms with Crippen LogP contribution in [0.3, 0.4) is 0 Å². The van der Waals surface area contributed by atoms with E-state index in [-0.39, 0.29) is 36.1 Å². The third-order valence-corrected chi connectivity index (χ3v) is 6.11. The van der Waals surface area contributed by atoms with Gasteiger partial charge in [0.15, 0.2) is 0 Å². The number of nitrogens with zero attached hydrogens (tertiary/aromatic N) is 3. The number of rotatable bonds is 9. The van der Waals surface area contributed by atoms with Crippen molar-refractivity contribution in [2.24, 2.45) is 0 Å². The second-order valence-corrected chi connectivity index (χ2v) is 10.9. The average molecular weight is 586 g/mol. The van der Waals surface area contributed by atoms with Crippen LogP contribution in [0.4, 0.5) is 17.6 Å². The van der Waals surface area contributed by atoms with Gasteiger partial charge in [0.1, 0.15) is 11.4 Å². The summed E-state index contributed by atoms with van der Waals surface area (Å²) in [7, 11) is 3.24. The van der Waals surface area contributed by atoms with E-state index >= 15 is 0 Å². The van der Waals surface area contributed by atoms with Gasteiger partial charge in [-0.3, -0.25) is 9.69 Å². The molecule has 0 unspecified atom stereocenters. The average Bonchev–Trinajstić information content (AvgIpc) is 3.38. The number of carbonyl (C=O) groups excluding carboxylic acids is 1. The summed E-state index contributed by atoms with van der Waals surface area (Å²) in [4.78, 5) is 18.5. The van der Waals surface area contributed by atoms with Crippen LogP contribution in [0, 0.1) is 5.82 Å². The Balaban J connectivity index is 1.58. The second kappa shape index (κ2) is 12.4.